The van der Waals surface area contributed by atoms with E-state index in [1.165, 1.54) is 0 Å². The second-order valence-electron chi connectivity index (χ2n) is 6.36. The molecule has 0 bridgehead atoms. The lowest BCUT2D eigenvalue weighted by Gasteiger charge is -2.32. The fraction of sp³-hybridized carbons (Fsp3) is 0.846. The molecule has 0 rings (SSSR count). The van der Waals surface area contributed by atoms with Crippen LogP contribution in [0.5, 0.6) is 0 Å². The zero-order valence-electron chi connectivity index (χ0n) is 12.2. The fourth-order valence-electron chi connectivity index (χ4n) is 1.95. The van der Waals surface area contributed by atoms with Crippen molar-refractivity contribution in [3.05, 3.63) is 0 Å². The van der Waals surface area contributed by atoms with Crippen molar-refractivity contribution in [1.82, 2.24) is 5.32 Å². The van der Waals surface area contributed by atoms with Crippen LogP contribution in [0.3, 0.4) is 0 Å². The first-order valence-corrected chi connectivity index (χ1v) is 6.16. The van der Waals surface area contributed by atoms with E-state index in [0.717, 1.165) is 0 Å². The third kappa shape index (κ3) is 7.92. The van der Waals surface area contributed by atoms with E-state index in [9.17, 15) is 9.59 Å². The molecule has 0 fully saturated rings. The summed E-state index contributed by atoms with van der Waals surface area (Å²) in [5, 5.41) is 11.6. The van der Waals surface area contributed by atoms with Gasteiger partial charge in [-0.25, -0.2) is 4.79 Å². The second kappa shape index (κ2) is 6.07. The summed E-state index contributed by atoms with van der Waals surface area (Å²) in [6, 6.07) is 0. The molecule has 0 aromatic heterocycles. The predicted molar refractivity (Wildman–Crippen MR) is 69.5 cm³/mol. The largest absolute Gasteiger partial charge is 0.481 e. The van der Waals surface area contributed by atoms with Crippen LogP contribution >= 0.6 is 0 Å². The number of alkyl carbamates (subject to hydrolysis) is 1. The molecule has 0 radical (unpaired) electrons. The van der Waals surface area contributed by atoms with E-state index in [0.29, 0.717) is 6.42 Å². The van der Waals surface area contributed by atoms with Crippen LogP contribution in [0.25, 0.3) is 0 Å². The quantitative estimate of drug-likeness (QED) is 0.796. The number of ether oxygens (including phenoxy) is 1. The molecule has 0 aromatic carbocycles. The highest BCUT2D eigenvalue weighted by molar-refractivity contribution is 5.72. The van der Waals surface area contributed by atoms with Gasteiger partial charge in [-0.2, -0.15) is 0 Å². The normalized spacial score (nSPS) is 15.1. The number of carbonyl (C=O) groups is 2. The second-order valence-corrected chi connectivity index (χ2v) is 6.36. The zero-order chi connectivity index (χ0) is 14.6. The zero-order valence-corrected chi connectivity index (χ0v) is 12.2. The van der Waals surface area contributed by atoms with Crippen LogP contribution < -0.4 is 5.32 Å². The van der Waals surface area contributed by atoms with Gasteiger partial charge < -0.3 is 15.2 Å². The van der Waals surface area contributed by atoms with Gasteiger partial charge in [-0.05, 0) is 40.0 Å². The van der Waals surface area contributed by atoms with Gasteiger partial charge in [0, 0.05) is 0 Å². The van der Waals surface area contributed by atoms with Gasteiger partial charge >= 0.3 is 12.1 Å². The first-order chi connectivity index (χ1) is 7.93. The van der Waals surface area contributed by atoms with Crippen molar-refractivity contribution in [3.8, 4) is 0 Å². The van der Waals surface area contributed by atoms with Crippen molar-refractivity contribution in [2.45, 2.75) is 65.5 Å². The Hall–Kier alpha value is -1.26. The summed E-state index contributed by atoms with van der Waals surface area (Å²) in [5.41, 5.74) is -1.38. The van der Waals surface area contributed by atoms with Gasteiger partial charge in [-0.3, -0.25) is 4.79 Å². The molecule has 0 aliphatic carbocycles. The van der Waals surface area contributed by atoms with Gasteiger partial charge in [0.25, 0.3) is 0 Å². The highest BCUT2D eigenvalue weighted by Gasteiger charge is 2.32. The van der Waals surface area contributed by atoms with Crippen LogP contribution in [0.15, 0.2) is 0 Å². The molecule has 5 nitrogen and oxygen atoms in total. The molecule has 1 amide bonds. The predicted octanol–water partition coefficient (Wildman–Crippen LogP) is 2.79. The number of rotatable bonds is 5. The Balaban J connectivity index is 4.68. The Kier molecular flexibility index (Phi) is 5.64. The molecule has 18 heavy (non-hydrogen) atoms. The number of carbonyl (C=O) groups excluding carboxylic acids is 1. The van der Waals surface area contributed by atoms with Crippen LogP contribution in [0.4, 0.5) is 4.79 Å². The Morgan fingerprint density at radius 1 is 1.22 bits per heavy atom. The summed E-state index contributed by atoms with van der Waals surface area (Å²) in [5.74, 6) is -0.654. The topological polar surface area (TPSA) is 75.6 Å². The van der Waals surface area contributed by atoms with Crippen LogP contribution in [0, 0.1) is 5.92 Å². The number of carboxylic acid groups (broad SMARTS) is 1. The van der Waals surface area contributed by atoms with Gasteiger partial charge in [-0.15, -0.1) is 0 Å². The van der Waals surface area contributed by atoms with E-state index >= 15 is 0 Å². The minimum atomic E-state index is -0.936. The monoisotopic (exact) mass is 259 g/mol. The maximum Gasteiger partial charge on any atom is 0.408 e. The molecule has 0 heterocycles. The third-order valence-electron chi connectivity index (χ3n) is 2.20. The number of aliphatic carboxylic acids is 1. The lowest BCUT2D eigenvalue weighted by molar-refractivity contribution is -0.138. The molecule has 0 spiro atoms. The van der Waals surface area contributed by atoms with Crippen molar-refractivity contribution >= 4 is 12.1 Å². The molecular weight excluding hydrogens is 234 g/mol. The first kappa shape index (κ1) is 16.7. The first-order valence-electron chi connectivity index (χ1n) is 6.16. The van der Waals surface area contributed by atoms with Crippen LogP contribution in [-0.4, -0.2) is 28.3 Å². The van der Waals surface area contributed by atoms with Crippen molar-refractivity contribution in [1.29, 1.82) is 0 Å². The van der Waals surface area contributed by atoms with Crippen molar-refractivity contribution in [3.63, 3.8) is 0 Å². The van der Waals surface area contributed by atoms with E-state index in [4.69, 9.17) is 9.84 Å². The lowest BCUT2D eigenvalue weighted by Crippen LogP contribution is -2.49. The van der Waals surface area contributed by atoms with Gasteiger partial charge in [-0.1, -0.05) is 13.8 Å². The molecule has 1 atom stereocenters. The standard InChI is InChI=1S/C13H25NO4/c1-9(2)7-13(6,8-10(15)16)14-11(17)18-12(3,4)5/h9H,7-8H2,1-6H3,(H,14,17)(H,15,16)/t13-/m1/s1. The SMILES string of the molecule is CC(C)C[C@](C)(CC(=O)O)NC(=O)OC(C)(C)C. The Morgan fingerprint density at radius 2 is 1.72 bits per heavy atom. The summed E-state index contributed by atoms with van der Waals surface area (Å²) >= 11 is 0. The summed E-state index contributed by atoms with van der Waals surface area (Å²) in [4.78, 5) is 22.6. The van der Waals surface area contributed by atoms with E-state index in [2.05, 4.69) is 5.32 Å². The van der Waals surface area contributed by atoms with Crippen LogP contribution in [-0.2, 0) is 9.53 Å². The van der Waals surface area contributed by atoms with E-state index in [1.807, 2.05) is 13.8 Å². The fourth-order valence-corrected chi connectivity index (χ4v) is 1.95. The summed E-state index contributed by atoms with van der Waals surface area (Å²) in [6.45, 7) is 11.0. The molecule has 2 N–H and O–H groups in total. The summed E-state index contributed by atoms with van der Waals surface area (Å²) < 4.78 is 5.15. The molecule has 0 unspecified atom stereocenters. The third-order valence-corrected chi connectivity index (χ3v) is 2.20. The average molecular weight is 259 g/mol. The van der Waals surface area contributed by atoms with Gasteiger partial charge in [0.2, 0.25) is 0 Å². The molecule has 0 aliphatic rings. The minimum Gasteiger partial charge on any atom is -0.481 e. The summed E-state index contributed by atoms with van der Waals surface area (Å²) in [6.07, 6.45) is -0.116. The smallest absolute Gasteiger partial charge is 0.408 e. The number of carboxylic acids is 1. The Bertz CT molecular complexity index is 307. The highest BCUT2D eigenvalue weighted by atomic mass is 16.6. The summed E-state index contributed by atoms with van der Waals surface area (Å²) in [7, 11) is 0. The molecule has 0 saturated heterocycles. The van der Waals surface area contributed by atoms with Gasteiger partial charge in [0.05, 0.1) is 12.0 Å². The Morgan fingerprint density at radius 3 is 2.06 bits per heavy atom. The highest BCUT2D eigenvalue weighted by Crippen LogP contribution is 2.21. The maximum absolute atomic E-state index is 11.7. The Labute approximate surface area is 109 Å². The average Bonchev–Trinajstić information content (AvgIpc) is 1.92. The van der Waals surface area contributed by atoms with Crippen molar-refractivity contribution < 1.29 is 19.4 Å². The van der Waals surface area contributed by atoms with Crippen LogP contribution in [0.2, 0.25) is 0 Å². The molecule has 5 heteroatoms. The maximum atomic E-state index is 11.7. The van der Waals surface area contributed by atoms with Gasteiger partial charge in [0.1, 0.15) is 5.60 Å². The molecule has 0 saturated carbocycles. The minimum absolute atomic E-state index is 0.121. The molecule has 0 aromatic rings. The van der Waals surface area contributed by atoms with E-state index in [1.54, 1.807) is 27.7 Å². The lowest BCUT2D eigenvalue weighted by atomic mass is 9.88. The molecule has 0 aliphatic heterocycles. The van der Waals surface area contributed by atoms with Crippen molar-refractivity contribution in [2.24, 2.45) is 5.92 Å². The molecular formula is C13H25NO4. The van der Waals surface area contributed by atoms with Gasteiger partial charge in [0.15, 0.2) is 0 Å². The molecule has 106 valence electrons. The van der Waals surface area contributed by atoms with Crippen molar-refractivity contribution in [2.75, 3.05) is 0 Å². The number of amides is 1. The van der Waals surface area contributed by atoms with E-state index < -0.39 is 23.2 Å². The number of hydrogen-bond acceptors (Lipinski definition) is 3. The van der Waals surface area contributed by atoms with E-state index in [-0.39, 0.29) is 12.3 Å². The number of hydrogen-bond donors (Lipinski definition) is 2. The van der Waals surface area contributed by atoms with Crippen LogP contribution in [0.1, 0.15) is 54.4 Å². The number of nitrogens with one attached hydrogen (secondary N) is 1.